The summed E-state index contributed by atoms with van der Waals surface area (Å²) in [5.41, 5.74) is 9.01. The molecule has 1 aliphatic carbocycles. The van der Waals surface area contributed by atoms with E-state index in [4.69, 9.17) is 5.53 Å². The fourth-order valence-electron chi connectivity index (χ4n) is 4.23. The Bertz CT molecular complexity index is 1370. The molecule has 0 saturated carbocycles. The number of anilines is 1. The minimum atomic E-state index is -4.19. The third-order valence-electron chi connectivity index (χ3n) is 6.02. The van der Waals surface area contributed by atoms with Crippen molar-refractivity contribution in [3.8, 4) is 0 Å². The average Bonchev–Trinajstić information content (AvgIpc) is 3.19. The van der Waals surface area contributed by atoms with E-state index in [-0.39, 0.29) is 39.4 Å². The van der Waals surface area contributed by atoms with Crippen molar-refractivity contribution in [3.05, 3.63) is 62.4 Å². The van der Waals surface area contributed by atoms with Crippen LogP contribution in [0, 0.1) is 5.92 Å². The maximum atomic E-state index is 13.8. The molecule has 0 fully saturated rings. The van der Waals surface area contributed by atoms with Crippen LogP contribution in [-0.4, -0.2) is 25.1 Å². The summed E-state index contributed by atoms with van der Waals surface area (Å²) in [6, 6.07) is 7.13. The summed E-state index contributed by atoms with van der Waals surface area (Å²) in [5.74, 6) is -0.519. The van der Waals surface area contributed by atoms with Crippen LogP contribution < -0.4 is 5.32 Å². The second kappa shape index (κ2) is 8.33. The number of azide groups is 1. The average molecular weight is 486 g/mol. The Morgan fingerprint density at radius 2 is 2.06 bits per heavy atom. The predicted octanol–water partition coefficient (Wildman–Crippen LogP) is 5.32. The van der Waals surface area contributed by atoms with Crippen LogP contribution in [0.2, 0.25) is 0 Å². The molecule has 2 aliphatic rings. The van der Waals surface area contributed by atoms with Crippen molar-refractivity contribution in [2.45, 2.75) is 50.5 Å². The second-order valence-corrected chi connectivity index (χ2v) is 11.1. The number of Topliss-reactive ketones (excluding diaryl/α,β-unsaturated/α-hetero) is 1. The topological polar surface area (TPSA) is 145 Å². The molecule has 1 aromatic carbocycles. The molecular weight excluding hydrogens is 462 g/mol. The molecule has 1 atom stereocenters. The van der Waals surface area contributed by atoms with Gasteiger partial charge in [-0.15, -0.1) is 15.7 Å². The van der Waals surface area contributed by atoms with Gasteiger partial charge >= 0.3 is 0 Å². The van der Waals surface area contributed by atoms with Crippen LogP contribution in [0.4, 0.5) is 5.00 Å². The Kier molecular flexibility index (Phi) is 5.81. The first-order chi connectivity index (χ1) is 15.6. The van der Waals surface area contributed by atoms with Crippen molar-refractivity contribution in [2.75, 3.05) is 5.32 Å². The smallest absolute Gasteiger partial charge is 0.287 e. The fourth-order valence-corrected chi connectivity index (χ4v) is 6.82. The summed E-state index contributed by atoms with van der Waals surface area (Å²) >= 11 is 1.10. The molecular formula is C22H23N5O4S2. The van der Waals surface area contributed by atoms with E-state index < -0.39 is 15.4 Å². The van der Waals surface area contributed by atoms with Gasteiger partial charge in [0.15, 0.2) is 11.6 Å². The number of thiophene rings is 1. The highest BCUT2D eigenvalue weighted by atomic mass is 32.2. The van der Waals surface area contributed by atoms with Crippen LogP contribution in [0.5, 0.6) is 0 Å². The largest absolute Gasteiger partial charge is 0.506 e. The third kappa shape index (κ3) is 3.82. The molecule has 0 spiro atoms. The van der Waals surface area contributed by atoms with Gasteiger partial charge in [-0.1, -0.05) is 43.2 Å². The summed E-state index contributed by atoms with van der Waals surface area (Å²) in [4.78, 5) is 16.4. The molecule has 1 aliphatic heterocycles. The lowest BCUT2D eigenvalue weighted by Crippen LogP contribution is -2.42. The normalized spacial score (nSPS) is 21.1. The van der Waals surface area contributed by atoms with E-state index in [1.54, 1.807) is 17.5 Å². The summed E-state index contributed by atoms with van der Waals surface area (Å²) in [5, 5.41) is 19.3. The lowest BCUT2D eigenvalue weighted by molar-refractivity contribution is -0.120. The van der Waals surface area contributed by atoms with Crippen molar-refractivity contribution in [1.29, 1.82) is 0 Å². The van der Waals surface area contributed by atoms with E-state index in [0.717, 1.165) is 17.8 Å². The molecule has 0 saturated heterocycles. The number of carbonyl (C=O) groups is 1. The van der Waals surface area contributed by atoms with Crippen LogP contribution in [0.15, 0.2) is 49.6 Å². The molecule has 1 aromatic heterocycles. The fraction of sp³-hybridized carbons (Fsp3) is 0.364. The standard InChI is InChI=1S/C22H23N5O4S2/c1-12(2)8-9-22(3)15-7-5-4-6-14(15)17(28)16(19(22)29)20-25-21-18(33(30,31)26-20)13(11-32-21)10-24-27-23/h4-7,11-12,28H,8-10H2,1-3H3,(H,25,26)/t22-/m0/s1. The number of amidine groups is 1. The zero-order valence-electron chi connectivity index (χ0n) is 18.4. The lowest BCUT2D eigenvalue weighted by atomic mass is 9.66. The van der Waals surface area contributed by atoms with Gasteiger partial charge in [0, 0.05) is 10.5 Å². The van der Waals surface area contributed by atoms with Crippen molar-refractivity contribution in [1.82, 2.24) is 0 Å². The first-order valence-corrected chi connectivity index (χ1v) is 12.7. The number of sulfonamides is 1. The Morgan fingerprint density at radius 1 is 1.33 bits per heavy atom. The number of carbonyl (C=O) groups excluding carboxylic acids is 1. The zero-order chi connectivity index (χ0) is 24.0. The van der Waals surface area contributed by atoms with Crippen LogP contribution in [-0.2, 0) is 26.8 Å². The molecule has 2 heterocycles. The SMILES string of the molecule is CC(C)CC[C@]1(C)C(=O)C(C2=NS(=O)(=O)c3c(CN=[N+]=[N-])csc3N2)=C(O)c2ccccc21. The Labute approximate surface area is 195 Å². The van der Waals surface area contributed by atoms with Crippen molar-refractivity contribution in [2.24, 2.45) is 15.4 Å². The molecule has 2 N–H and O–H groups in total. The summed E-state index contributed by atoms with van der Waals surface area (Å²) < 4.78 is 29.9. The minimum Gasteiger partial charge on any atom is -0.506 e. The van der Waals surface area contributed by atoms with E-state index in [0.29, 0.717) is 29.0 Å². The molecule has 11 heteroatoms. The molecule has 0 amide bonds. The van der Waals surface area contributed by atoms with Crippen LogP contribution in [0.1, 0.15) is 50.3 Å². The number of benzene rings is 1. The molecule has 0 unspecified atom stereocenters. The Balaban J connectivity index is 1.86. The van der Waals surface area contributed by atoms with Crippen molar-refractivity contribution < 1.29 is 18.3 Å². The molecule has 0 radical (unpaired) electrons. The molecule has 33 heavy (non-hydrogen) atoms. The van der Waals surface area contributed by atoms with E-state index in [9.17, 15) is 18.3 Å². The Morgan fingerprint density at radius 3 is 2.76 bits per heavy atom. The van der Waals surface area contributed by atoms with Crippen LogP contribution in [0.25, 0.3) is 16.2 Å². The number of hydrogen-bond donors (Lipinski definition) is 2. The summed E-state index contributed by atoms with van der Waals surface area (Å²) in [6.07, 6.45) is 1.32. The van der Waals surface area contributed by atoms with Gasteiger partial charge in [-0.05, 0) is 47.7 Å². The van der Waals surface area contributed by atoms with Gasteiger partial charge < -0.3 is 10.4 Å². The number of aliphatic hydroxyl groups is 1. The van der Waals surface area contributed by atoms with Gasteiger partial charge in [0.05, 0.1) is 12.0 Å². The highest BCUT2D eigenvalue weighted by Crippen LogP contribution is 2.45. The summed E-state index contributed by atoms with van der Waals surface area (Å²) in [6.45, 7) is 5.84. The predicted molar refractivity (Wildman–Crippen MR) is 128 cm³/mol. The monoisotopic (exact) mass is 485 g/mol. The van der Waals surface area contributed by atoms with Gasteiger partial charge in [0.2, 0.25) is 0 Å². The van der Waals surface area contributed by atoms with Crippen molar-refractivity contribution in [3.63, 3.8) is 0 Å². The van der Waals surface area contributed by atoms with Gasteiger partial charge in [-0.25, -0.2) is 0 Å². The van der Waals surface area contributed by atoms with E-state index in [1.165, 1.54) is 0 Å². The third-order valence-corrected chi connectivity index (χ3v) is 8.50. The highest BCUT2D eigenvalue weighted by Gasteiger charge is 2.46. The lowest BCUT2D eigenvalue weighted by Gasteiger charge is -2.36. The van der Waals surface area contributed by atoms with Gasteiger partial charge in [0.25, 0.3) is 10.0 Å². The van der Waals surface area contributed by atoms with Crippen molar-refractivity contribution >= 4 is 43.7 Å². The number of nitrogens with one attached hydrogen (secondary N) is 1. The second-order valence-electron chi connectivity index (χ2n) is 8.71. The van der Waals surface area contributed by atoms with E-state index in [1.807, 2.05) is 19.1 Å². The van der Waals surface area contributed by atoms with Crippen LogP contribution >= 0.6 is 11.3 Å². The zero-order valence-corrected chi connectivity index (χ0v) is 20.0. The number of nitrogens with zero attached hydrogens (tertiary/aromatic N) is 4. The summed E-state index contributed by atoms with van der Waals surface area (Å²) in [7, 11) is -4.19. The number of aliphatic hydroxyl groups excluding tert-OH is 1. The number of hydrogen-bond acceptors (Lipinski definition) is 7. The Hall–Kier alpha value is -3.14. The van der Waals surface area contributed by atoms with Gasteiger partial charge in [-0.3, -0.25) is 4.79 Å². The van der Waals surface area contributed by atoms with Gasteiger partial charge in [-0.2, -0.15) is 8.42 Å². The van der Waals surface area contributed by atoms with Gasteiger partial charge in [0.1, 0.15) is 21.2 Å². The molecule has 4 rings (SSSR count). The molecule has 0 bridgehead atoms. The minimum absolute atomic E-state index is 0.0741. The number of rotatable bonds is 6. The first-order valence-electron chi connectivity index (χ1n) is 10.4. The molecule has 2 aromatic rings. The highest BCUT2D eigenvalue weighted by molar-refractivity contribution is 7.90. The quantitative estimate of drug-likeness (QED) is 0.323. The van der Waals surface area contributed by atoms with E-state index in [2.05, 4.69) is 33.6 Å². The van der Waals surface area contributed by atoms with Crippen LogP contribution in [0.3, 0.4) is 0 Å². The molecule has 172 valence electrons. The molecule has 9 nitrogen and oxygen atoms in total. The van der Waals surface area contributed by atoms with E-state index >= 15 is 0 Å². The number of ketones is 1. The first kappa shape index (κ1) is 23.0. The maximum absolute atomic E-state index is 13.8. The maximum Gasteiger partial charge on any atom is 0.287 e. The number of fused-ring (bicyclic) bond motifs is 2.